The third-order valence-electron chi connectivity index (χ3n) is 4.77. The SMILES string of the molecule is CN(C(=O)Nc1ccc(S(=O)(=O)NC(CC#Cc2ccccc2)C(=O)O)cc1)c1ccccc1. The van der Waals surface area contributed by atoms with Crippen LogP contribution in [-0.4, -0.2) is 38.6 Å². The maximum Gasteiger partial charge on any atom is 0.326 e. The molecule has 1 unspecified atom stereocenters. The fourth-order valence-electron chi connectivity index (χ4n) is 2.90. The minimum Gasteiger partial charge on any atom is -0.480 e. The molecule has 2 amide bonds. The highest BCUT2D eigenvalue weighted by Gasteiger charge is 2.24. The summed E-state index contributed by atoms with van der Waals surface area (Å²) in [5, 5.41) is 12.1. The number of rotatable bonds is 7. The number of nitrogens with one attached hydrogen (secondary N) is 2. The van der Waals surface area contributed by atoms with Gasteiger partial charge in [0, 0.05) is 30.4 Å². The van der Waals surface area contributed by atoms with Gasteiger partial charge < -0.3 is 10.4 Å². The van der Waals surface area contributed by atoms with Crippen molar-refractivity contribution in [3.63, 3.8) is 0 Å². The molecule has 0 aliphatic carbocycles. The van der Waals surface area contributed by atoms with Gasteiger partial charge >= 0.3 is 12.0 Å². The van der Waals surface area contributed by atoms with Crippen molar-refractivity contribution in [2.24, 2.45) is 0 Å². The number of anilines is 2. The Morgan fingerprint density at radius 3 is 2.12 bits per heavy atom. The molecule has 0 aliphatic heterocycles. The van der Waals surface area contributed by atoms with Crippen molar-refractivity contribution in [2.45, 2.75) is 17.4 Å². The fourth-order valence-corrected chi connectivity index (χ4v) is 4.09. The Balaban J connectivity index is 1.65. The molecular formula is C25H23N3O5S. The second-order valence-corrected chi connectivity index (χ2v) is 8.95. The van der Waals surface area contributed by atoms with Crippen LogP contribution in [0.4, 0.5) is 16.2 Å². The summed E-state index contributed by atoms with van der Waals surface area (Å²) < 4.78 is 27.5. The van der Waals surface area contributed by atoms with Gasteiger partial charge in [-0.1, -0.05) is 48.2 Å². The monoisotopic (exact) mass is 477 g/mol. The molecule has 0 heterocycles. The van der Waals surface area contributed by atoms with Crippen molar-refractivity contribution >= 4 is 33.4 Å². The van der Waals surface area contributed by atoms with Gasteiger partial charge in [-0.15, -0.1) is 0 Å². The van der Waals surface area contributed by atoms with Crippen molar-refractivity contribution in [3.05, 3.63) is 90.5 Å². The number of carbonyl (C=O) groups is 2. The molecule has 0 aromatic heterocycles. The number of urea groups is 1. The average molecular weight is 478 g/mol. The van der Waals surface area contributed by atoms with Crippen LogP contribution in [-0.2, 0) is 14.8 Å². The molecule has 34 heavy (non-hydrogen) atoms. The van der Waals surface area contributed by atoms with E-state index in [4.69, 9.17) is 0 Å². The summed E-state index contributed by atoms with van der Waals surface area (Å²) in [7, 11) is -2.51. The van der Waals surface area contributed by atoms with Crippen LogP contribution in [0.2, 0.25) is 0 Å². The summed E-state index contributed by atoms with van der Waals surface area (Å²) in [6.07, 6.45) is -0.205. The van der Waals surface area contributed by atoms with Crippen LogP contribution in [0.5, 0.6) is 0 Å². The molecule has 9 heteroatoms. The quantitative estimate of drug-likeness (QED) is 0.450. The molecule has 3 rings (SSSR count). The maximum absolute atomic E-state index is 12.7. The second kappa shape index (κ2) is 11.1. The number of hydrogen-bond acceptors (Lipinski definition) is 4. The second-order valence-electron chi connectivity index (χ2n) is 7.23. The largest absolute Gasteiger partial charge is 0.480 e. The zero-order chi connectivity index (χ0) is 24.6. The van der Waals surface area contributed by atoms with Gasteiger partial charge in [-0.2, -0.15) is 4.72 Å². The van der Waals surface area contributed by atoms with Gasteiger partial charge in [0.1, 0.15) is 6.04 Å². The standard InChI is InChI=1S/C25H23N3O5S/c1-28(21-12-6-3-7-13-21)25(31)26-20-15-17-22(18-16-20)34(32,33)27-23(24(29)30)14-8-11-19-9-4-2-5-10-19/h2-7,9-10,12-13,15-18,23,27H,14H2,1H3,(H,26,31)(H,29,30). The molecule has 3 aromatic carbocycles. The number of carboxylic acid groups (broad SMARTS) is 1. The summed E-state index contributed by atoms with van der Waals surface area (Å²) in [5.41, 5.74) is 1.78. The number of amides is 2. The van der Waals surface area contributed by atoms with E-state index in [1.807, 2.05) is 24.3 Å². The molecule has 0 saturated heterocycles. The van der Waals surface area contributed by atoms with Crippen LogP contribution < -0.4 is 14.9 Å². The number of carboxylic acids is 1. The van der Waals surface area contributed by atoms with E-state index in [9.17, 15) is 23.1 Å². The first-order valence-corrected chi connectivity index (χ1v) is 11.7. The van der Waals surface area contributed by atoms with E-state index in [2.05, 4.69) is 21.9 Å². The third kappa shape index (κ3) is 6.68. The lowest BCUT2D eigenvalue weighted by Crippen LogP contribution is -2.40. The van der Waals surface area contributed by atoms with Crippen molar-refractivity contribution < 1.29 is 23.1 Å². The maximum atomic E-state index is 12.7. The van der Waals surface area contributed by atoms with Gasteiger partial charge in [0.05, 0.1) is 4.90 Å². The van der Waals surface area contributed by atoms with E-state index < -0.39 is 28.1 Å². The summed E-state index contributed by atoms with van der Waals surface area (Å²) in [5.74, 6) is 4.18. The molecule has 0 spiro atoms. The Hall–Kier alpha value is -4.13. The summed E-state index contributed by atoms with van der Waals surface area (Å²) >= 11 is 0. The van der Waals surface area contributed by atoms with Crippen LogP contribution >= 0.6 is 0 Å². The number of sulfonamides is 1. The number of aliphatic carboxylic acids is 1. The lowest BCUT2D eigenvalue weighted by molar-refractivity contribution is -0.138. The first-order valence-electron chi connectivity index (χ1n) is 10.2. The molecule has 174 valence electrons. The summed E-state index contributed by atoms with van der Waals surface area (Å²) in [6, 6.07) is 21.6. The Kier molecular flexibility index (Phi) is 8.03. The molecule has 0 radical (unpaired) electrons. The van der Waals surface area contributed by atoms with Gasteiger partial charge in [0.2, 0.25) is 10.0 Å². The molecule has 0 saturated carbocycles. The first kappa shape index (κ1) is 24.5. The molecular weight excluding hydrogens is 454 g/mol. The first-order chi connectivity index (χ1) is 16.3. The molecule has 0 aliphatic rings. The van der Waals surface area contributed by atoms with Crippen LogP contribution in [0.1, 0.15) is 12.0 Å². The summed E-state index contributed by atoms with van der Waals surface area (Å²) in [4.78, 5) is 25.3. The Labute approximate surface area is 198 Å². The zero-order valence-electron chi connectivity index (χ0n) is 18.3. The lowest BCUT2D eigenvalue weighted by atomic mass is 10.2. The number of carbonyl (C=O) groups excluding carboxylic acids is 1. The highest BCUT2D eigenvalue weighted by Crippen LogP contribution is 2.17. The smallest absolute Gasteiger partial charge is 0.326 e. The van der Waals surface area contributed by atoms with Gasteiger partial charge in [-0.05, 0) is 48.5 Å². The van der Waals surface area contributed by atoms with Crippen molar-refractivity contribution in [1.82, 2.24) is 4.72 Å². The molecule has 3 N–H and O–H groups in total. The highest BCUT2D eigenvalue weighted by atomic mass is 32.2. The number of para-hydroxylation sites is 1. The van der Waals surface area contributed by atoms with Crippen LogP contribution in [0.15, 0.2) is 89.8 Å². The molecule has 8 nitrogen and oxygen atoms in total. The van der Waals surface area contributed by atoms with E-state index in [1.165, 1.54) is 29.2 Å². The predicted octanol–water partition coefficient (Wildman–Crippen LogP) is 3.53. The van der Waals surface area contributed by atoms with E-state index >= 15 is 0 Å². The topological polar surface area (TPSA) is 116 Å². The van der Waals surface area contributed by atoms with E-state index in [0.29, 0.717) is 16.9 Å². The lowest BCUT2D eigenvalue weighted by Gasteiger charge is -2.18. The molecule has 0 bridgehead atoms. The number of hydrogen-bond donors (Lipinski definition) is 3. The highest BCUT2D eigenvalue weighted by molar-refractivity contribution is 7.89. The van der Waals surface area contributed by atoms with Gasteiger partial charge in [-0.25, -0.2) is 13.2 Å². The van der Waals surface area contributed by atoms with E-state index in [0.717, 1.165) is 0 Å². The average Bonchev–Trinajstić information content (AvgIpc) is 2.84. The molecule has 0 fully saturated rings. The van der Waals surface area contributed by atoms with Crippen molar-refractivity contribution in [2.75, 3.05) is 17.3 Å². The van der Waals surface area contributed by atoms with Gasteiger partial charge in [0.15, 0.2) is 0 Å². The normalized spacial score (nSPS) is 11.6. The van der Waals surface area contributed by atoms with Gasteiger partial charge in [0.25, 0.3) is 0 Å². The Morgan fingerprint density at radius 2 is 1.53 bits per heavy atom. The Bertz CT molecular complexity index is 1300. The number of nitrogens with zero attached hydrogens (tertiary/aromatic N) is 1. The fraction of sp³-hybridized carbons (Fsp3) is 0.120. The van der Waals surface area contributed by atoms with Crippen LogP contribution in [0.3, 0.4) is 0 Å². The molecule has 1 atom stereocenters. The predicted molar refractivity (Wildman–Crippen MR) is 130 cm³/mol. The minimum absolute atomic E-state index is 0.135. The summed E-state index contributed by atoms with van der Waals surface area (Å²) in [6.45, 7) is 0. The van der Waals surface area contributed by atoms with Crippen LogP contribution in [0.25, 0.3) is 0 Å². The van der Waals surface area contributed by atoms with Crippen molar-refractivity contribution in [3.8, 4) is 11.8 Å². The zero-order valence-corrected chi connectivity index (χ0v) is 19.1. The molecule has 3 aromatic rings. The third-order valence-corrected chi connectivity index (χ3v) is 6.26. The number of benzene rings is 3. The van der Waals surface area contributed by atoms with Crippen molar-refractivity contribution in [1.29, 1.82) is 0 Å². The Morgan fingerprint density at radius 1 is 0.941 bits per heavy atom. The van der Waals surface area contributed by atoms with Gasteiger partial charge in [-0.3, -0.25) is 9.69 Å². The van der Waals surface area contributed by atoms with E-state index in [1.54, 1.807) is 43.4 Å². The van der Waals surface area contributed by atoms with E-state index in [-0.39, 0.29) is 11.3 Å². The van der Waals surface area contributed by atoms with Crippen LogP contribution in [0, 0.1) is 11.8 Å². The minimum atomic E-state index is -4.13.